The number of aliphatic hydroxyl groups is 1. The van der Waals surface area contributed by atoms with Gasteiger partial charge in [-0.2, -0.15) is 0 Å². The molecule has 0 aromatic heterocycles. The number of aryl methyl sites for hydroxylation is 1. The van der Waals surface area contributed by atoms with Gasteiger partial charge in [0.2, 0.25) is 0 Å². The maximum absolute atomic E-state index is 13.1. The summed E-state index contributed by atoms with van der Waals surface area (Å²) in [6.07, 6.45) is 4.18. The van der Waals surface area contributed by atoms with E-state index in [2.05, 4.69) is 56.4 Å². The number of hydrogen-bond donors (Lipinski definition) is 3. The Hall–Kier alpha value is -2.76. The van der Waals surface area contributed by atoms with Gasteiger partial charge in [0.15, 0.2) is 0 Å². The first-order valence-electron chi connectivity index (χ1n) is 13.2. The molecule has 36 heavy (non-hydrogen) atoms. The summed E-state index contributed by atoms with van der Waals surface area (Å²) in [4.78, 5) is 13.1. The summed E-state index contributed by atoms with van der Waals surface area (Å²) in [6.45, 7) is 12.4. The number of ether oxygens (including phenoxy) is 1. The third-order valence-corrected chi connectivity index (χ3v) is 6.95. The molecular formula is C31H44N2O3. The van der Waals surface area contributed by atoms with Crippen LogP contribution in [0.5, 0.6) is 0 Å². The quantitative estimate of drug-likeness (QED) is 0.260. The lowest BCUT2D eigenvalue weighted by molar-refractivity contribution is -0.135. The Morgan fingerprint density at radius 2 is 1.78 bits per heavy atom. The van der Waals surface area contributed by atoms with Crippen molar-refractivity contribution in [1.29, 1.82) is 5.41 Å². The second-order valence-electron chi connectivity index (χ2n) is 9.75. The van der Waals surface area contributed by atoms with Gasteiger partial charge in [-0.3, -0.25) is 4.79 Å². The van der Waals surface area contributed by atoms with Gasteiger partial charge in [0.05, 0.1) is 12.7 Å². The largest absolute Gasteiger partial charge is 0.390 e. The van der Waals surface area contributed by atoms with Crippen molar-refractivity contribution in [1.82, 2.24) is 5.32 Å². The van der Waals surface area contributed by atoms with Crippen LogP contribution in [0.4, 0.5) is 0 Å². The van der Waals surface area contributed by atoms with Crippen molar-refractivity contribution in [3.05, 3.63) is 70.4 Å². The van der Waals surface area contributed by atoms with Gasteiger partial charge >= 0.3 is 0 Å². The van der Waals surface area contributed by atoms with Crippen molar-refractivity contribution < 1.29 is 14.6 Å². The molecule has 0 aliphatic heterocycles. The summed E-state index contributed by atoms with van der Waals surface area (Å²) in [5.74, 6) is -0.0109. The number of aliphatic hydroxyl groups excluding tert-OH is 1. The van der Waals surface area contributed by atoms with Crippen LogP contribution in [-0.4, -0.2) is 36.0 Å². The molecule has 0 spiro atoms. The first kappa shape index (κ1) is 29.5. The molecule has 0 aliphatic carbocycles. The van der Waals surface area contributed by atoms with Crippen LogP contribution in [0.15, 0.2) is 53.7 Å². The first-order valence-corrected chi connectivity index (χ1v) is 13.2. The van der Waals surface area contributed by atoms with Crippen molar-refractivity contribution >= 4 is 12.1 Å². The molecule has 2 rings (SSSR count). The number of nitrogens with one attached hydrogen (secondary N) is 2. The van der Waals surface area contributed by atoms with E-state index >= 15 is 0 Å². The molecule has 0 saturated carbocycles. The fourth-order valence-corrected chi connectivity index (χ4v) is 4.19. The second-order valence-corrected chi connectivity index (χ2v) is 9.75. The number of carbonyl (C=O) groups excluding carboxylic acids is 1. The topological polar surface area (TPSA) is 82.4 Å². The van der Waals surface area contributed by atoms with E-state index in [1.54, 1.807) is 0 Å². The molecule has 0 heterocycles. The molecule has 0 radical (unpaired) electrons. The number of allylic oxidation sites excluding steroid dienone is 2. The summed E-state index contributed by atoms with van der Waals surface area (Å²) in [5, 5.41) is 21.0. The van der Waals surface area contributed by atoms with Gasteiger partial charge < -0.3 is 20.6 Å². The third kappa shape index (κ3) is 8.42. The SMILES string of the molecule is CCCC(C)C(O)COC(CC)C(=O)NC(Cc1ccc(-c2ccc(C=N)c(C)c2)cc1)=C(C)CC. The first-order chi connectivity index (χ1) is 17.2. The van der Waals surface area contributed by atoms with Gasteiger partial charge in [-0.1, -0.05) is 82.2 Å². The summed E-state index contributed by atoms with van der Waals surface area (Å²) in [6, 6.07) is 14.5. The van der Waals surface area contributed by atoms with E-state index in [9.17, 15) is 9.90 Å². The number of benzene rings is 2. The number of amides is 1. The van der Waals surface area contributed by atoms with E-state index in [-0.39, 0.29) is 18.4 Å². The van der Waals surface area contributed by atoms with Gasteiger partial charge in [0.1, 0.15) is 6.10 Å². The lowest BCUT2D eigenvalue weighted by atomic mass is 9.98. The molecule has 0 aliphatic rings. The molecule has 5 nitrogen and oxygen atoms in total. The minimum absolute atomic E-state index is 0.147. The number of rotatable bonds is 14. The predicted molar refractivity (Wildman–Crippen MR) is 149 cm³/mol. The van der Waals surface area contributed by atoms with Crippen molar-refractivity contribution in [3.63, 3.8) is 0 Å². The Morgan fingerprint density at radius 3 is 2.33 bits per heavy atom. The van der Waals surface area contributed by atoms with Gasteiger partial charge in [-0.15, -0.1) is 0 Å². The zero-order chi connectivity index (χ0) is 26.7. The van der Waals surface area contributed by atoms with Crippen LogP contribution in [0.3, 0.4) is 0 Å². The maximum Gasteiger partial charge on any atom is 0.253 e. The zero-order valence-electron chi connectivity index (χ0n) is 22.9. The Morgan fingerprint density at radius 1 is 1.11 bits per heavy atom. The highest BCUT2D eigenvalue weighted by atomic mass is 16.5. The molecule has 3 atom stereocenters. The average Bonchev–Trinajstić information content (AvgIpc) is 2.88. The van der Waals surface area contributed by atoms with Crippen LogP contribution in [0.2, 0.25) is 0 Å². The Labute approximate surface area is 217 Å². The van der Waals surface area contributed by atoms with Crippen molar-refractivity contribution in [2.45, 2.75) is 85.9 Å². The highest BCUT2D eigenvalue weighted by Gasteiger charge is 2.22. The minimum Gasteiger partial charge on any atom is -0.390 e. The molecule has 1 amide bonds. The minimum atomic E-state index is -0.595. The highest BCUT2D eigenvalue weighted by molar-refractivity contribution is 5.82. The summed E-state index contributed by atoms with van der Waals surface area (Å²) in [7, 11) is 0. The lowest BCUT2D eigenvalue weighted by Gasteiger charge is -2.23. The molecule has 0 saturated heterocycles. The highest BCUT2D eigenvalue weighted by Crippen LogP contribution is 2.23. The van der Waals surface area contributed by atoms with Crippen LogP contribution in [0.25, 0.3) is 11.1 Å². The standard InChI is InChI=1S/C31H44N2O3/c1-7-10-22(5)29(34)20-36-30(9-3)31(35)33-28(21(4)8-2)18-24-11-13-25(14-12-24)26-15-16-27(19-32)23(6)17-26/h11-17,19,22,29-30,32,34H,7-10,18,20H2,1-6H3,(H,33,35). The molecule has 2 aromatic rings. The van der Waals surface area contributed by atoms with E-state index < -0.39 is 12.2 Å². The summed E-state index contributed by atoms with van der Waals surface area (Å²) < 4.78 is 5.84. The Kier molecular flexibility index (Phi) is 12.0. The smallest absolute Gasteiger partial charge is 0.253 e. The molecule has 5 heteroatoms. The predicted octanol–water partition coefficient (Wildman–Crippen LogP) is 6.59. The molecule has 0 fully saturated rings. The number of hydrogen-bond acceptors (Lipinski definition) is 4. The molecule has 3 N–H and O–H groups in total. The lowest BCUT2D eigenvalue weighted by Crippen LogP contribution is -2.38. The van der Waals surface area contributed by atoms with E-state index in [4.69, 9.17) is 10.1 Å². The van der Waals surface area contributed by atoms with Gasteiger partial charge in [-0.25, -0.2) is 0 Å². The molecule has 3 unspecified atom stereocenters. The van der Waals surface area contributed by atoms with Crippen LogP contribution in [-0.2, 0) is 16.0 Å². The average molecular weight is 493 g/mol. The van der Waals surface area contributed by atoms with E-state index in [1.165, 1.54) is 6.21 Å². The molecule has 2 aromatic carbocycles. The summed E-state index contributed by atoms with van der Waals surface area (Å²) >= 11 is 0. The van der Waals surface area contributed by atoms with Crippen molar-refractivity contribution in [2.75, 3.05) is 6.61 Å². The monoisotopic (exact) mass is 492 g/mol. The Balaban J connectivity index is 2.09. The van der Waals surface area contributed by atoms with Crippen LogP contribution in [0, 0.1) is 18.3 Å². The zero-order valence-corrected chi connectivity index (χ0v) is 22.9. The second kappa shape index (κ2) is 14.7. The van der Waals surface area contributed by atoms with E-state index in [0.717, 1.165) is 58.3 Å². The Bertz CT molecular complexity index is 1030. The summed E-state index contributed by atoms with van der Waals surface area (Å²) in [5.41, 5.74) is 7.41. The normalized spacial score (nSPS) is 14.5. The van der Waals surface area contributed by atoms with E-state index in [1.807, 2.05) is 32.9 Å². The molecule has 196 valence electrons. The van der Waals surface area contributed by atoms with Crippen LogP contribution >= 0.6 is 0 Å². The third-order valence-electron chi connectivity index (χ3n) is 6.95. The van der Waals surface area contributed by atoms with Gasteiger partial charge in [0.25, 0.3) is 5.91 Å². The van der Waals surface area contributed by atoms with Crippen molar-refractivity contribution in [3.8, 4) is 11.1 Å². The van der Waals surface area contributed by atoms with Crippen LogP contribution in [0.1, 0.15) is 77.0 Å². The van der Waals surface area contributed by atoms with Crippen LogP contribution < -0.4 is 5.32 Å². The fraction of sp³-hybridized carbons (Fsp3) is 0.484. The van der Waals surface area contributed by atoms with Crippen molar-refractivity contribution in [2.24, 2.45) is 5.92 Å². The molecular weight excluding hydrogens is 448 g/mol. The number of carbonyl (C=O) groups is 1. The van der Waals surface area contributed by atoms with E-state index in [0.29, 0.717) is 12.8 Å². The fourth-order valence-electron chi connectivity index (χ4n) is 4.19. The van der Waals surface area contributed by atoms with Gasteiger partial charge in [-0.05, 0) is 66.8 Å². The molecule has 0 bridgehead atoms. The maximum atomic E-state index is 13.1. The van der Waals surface area contributed by atoms with Gasteiger partial charge in [0, 0.05) is 18.3 Å².